The normalized spacial score (nSPS) is 10.4. The molecule has 0 atom stereocenters. The molecule has 0 aliphatic rings. The number of carboxylic acid groups (broad SMARTS) is 1. The van der Waals surface area contributed by atoms with Crippen molar-refractivity contribution >= 4 is 58.1 Å². The molecule has 6 nitrogen and oxygen atoms in total. The highest BCUT2D eigenvalue weighted by Crippen LogP contribution is 2.24. The third-order valence-electron chi connectivity index (χ3n) is 3.65. The summed E-state index contributed by atoms with van der Waals surface area (Å²) >= 11 is 16.7. The Bertz CT molecular complexity index is 1060. The molecule has 0 radical (unpaired) electrons. The van der Waals surface area contributed by atoms with Gasteiger partial charge in [0.1, 0.15) is 5.76 Å². The zero-order chi connectivity index (χ0) is 20.3. The van der Waals surface area contributed by atoms with Crippen LogP contribution in [-0.2, 0) is 0 Å². The van der Waals surface area contributed by atoms with Crippen molar-refractivity contribution in [2.45, 2.75) is 0 Å². The van der Waals surface area contributed by atoms with Gasteiger partial charge in [-0.05, 0) is 66.8 Å². The molecular formula is C19H12Cl2N2O4S. The van der Waals surface area contributed by atoms with Crippen LogP contribution in [0.1, 0.15) is 20.9 Å². The van der Waals surface area contributed by atoms with E-state index in [-0.39, 0.29) is 27.1 Å². The van der Waals surface area contributed by atoms with Gasteiger partial charge in [0.25, 0.3) is 5.91 Å². The van der Waals surface area contributed by atoms with Crippen LogP contribution < -0.4 is 10.6 Å². The number of carbonyl (C=O) groups excluding carboxylic acids is 1. The van der Waals surface area contributed by atoms with Gasteiger partial charge in [-0.25, -0.2) is 4.79 Å². The lowest BCUT2D eigenvalue weighted by molar-refractivity contribution is 0.0697. The first kappa shape index (κ1) is 19.9. The molecule has 0 fully saturated rings. The van der Waals surface area contributed by atoms with Crippen molar-refractivity contribution in [2.75, 3.05) is 5.32 Å². The largest absolute Gasteiger partial charge is 0.478 e. The van der Waals surface area contributed by atoms with Gasteiger partial charge in [-0.2, -0.15) is 0 Å². The second-order valence-corrected chi connectivity index (χ2v) is 6.86. The van der Waals surface area contributed by atoms with Crippen LogP contribution in [0.4, 0.5) is 5.69 Å². The minimum absolute atomic E-state index is 0.0451. The van der Waals surface area contributed by atoms with Crippen LogP contribution >= 0.6 is 35.4 Å². The molecule has 0 saturated heterocycles. The Kier molecular flexibility index (Phi) is 5.99. The lowest BCUT2D eigenvalue weighted by atomic mass is 10.2. The summed E-state index contributed by atoms with van der Waals surface area (Å²) in [5.41, 5.74) is 0.882. The highest BCUT2D eigenvalue weighted by molar-refractivity contribution is 7.80. The maximum atomic E-state index is 12.3. The SMILES string of the molecule is O=C(NC(=S)Nc1ccc(Cl)cc1C(=O)O)c1ccc(-c2ccc(Cl)cc2)o1. The molecule has 3 aromatic rings. The van der Waals surface area contributed by atoms with Crippen LogP contribution in [0.2, 0.25) is 10.0 Å². The Balaban J connectivity index is 1.69. The van der Waals surface area contributed by atoms with E-state index in [2.05, 4.69) is 10.6 Å². The van der Waals surface area contributed by atoms with Crippen molar-refractivity contribution in [3.8, 4) is 11.3 Å². The minimum atomic E-state index is -1.18. The first-order valence-electron chi connectivity index (χ1n) is 7.84. The molecule has 1 heterocycles. The summed E-state index contributed by atoms with van der Waals surface area (Å²) in [6, 6.07) is 14.4. The van der Waals surface area contributed by atoms with Crippen molar-refractivity contribution < 1.29 is 19.1 Å². The second kappa shape index (κ2) is 8.43. The van der Waals surface area contributed by atoms with Crippen LogP contribution in [0.5, 0.6) is 0 Å². The number of furan rings is 1. The molecule has 0 saturated carbocycles. The number of thiocarbonyl (C=S) groups is 1. The van der Waals surface area contributed by atoms with Crippen molar-refractivity contribution in [2.24, 2.45) is 0 Å². The van der Waals surface area contributed by atoms with Gasteiger partial charge in [0.2, 0.25) is 0 Å². The Morgan fingerprint density at radius 3 is 2.32 bits per heavy atom. The summed E-state index contributed by atoms with van der Waals surface area (Å²) in [5, 5.41) is 15.1. The smallest absolute Gasteiger partial charge is 0.337 e. The molecule has 0 bridgehead atoms. The first-order valence-corrected chi connectivity index (χ1v) is 9.01. The molecule has 0 unspecified atom stereocenters. The molecule has 3 rings (SSSR count). The van der Waals surface area contributed by atoms with E-state index in [4.69, 9.17) is 39.8 Å². The summed E-state index contributed by atoms with van der Waals surface area (Å²) in [6.07, 6.45) is 0. The number of benzene rings is 2. The summed E-state index contributed by atoms with van der Waals surface area (Å²) in [6.45, 7) is 0. The van der Waals surface area contributed by atoms with Crippen molar-refractivity contribution in [3.63, 3.8) is 0 Å². The van der Waals surface area contributed by atoms with Crippen LogP contribution in [-0.4, -0.2) is 22.1 Å². The van der Waals surface area contributed by atoms with E-state index < -0.39 is 11.9 Å². The zero-order valence-electron chi connectivity index (χ0n) is 14.0. The Hall–Kier alpha value is -2.87. The summed E-state index contributed by atoms with van der Waals surface area (Å²) in [4.78, 5) is 23.6. The van der Waals surface area contributed by atoms with Crippen LogP contribution in [0.3, 0.4) is 0 Å². The fourth-order valence-electron chi connectivity index (χ4n) is 2.35. The highest BCUT2D eigenvalue weighted by atomic mass is 35.5. The zero-order valence-corrected chi connectivity index (χ0v) is 16.4. The van der Waals surface area contributed by atoms with E-state index in [1.807, 2.05) is 0 Å². The van der Waals surface area contributed by atoms with Gasteiger partial charge in [0.15, 0.2) is 10.9 Å². The van der Waals surface area contributed by atoms with Crippen molar-refractivity contribution in [1.29, 1.82) is 0 Å². The number of hydrogen-bond donors (Lipinski definition) is 3. The average Bonchev–Trinajstić information content (AvgIpc) is 3.14. The number of nitrogens with one attached hydrogen (secondary N) is 2. The number of aromatic carboxylic acids is 1. The standard InChI is InChI=1S/C19H12Cl2N2O4S/c20-11-3-1-10(2-4-11)15-7-8-16(27-15)17(24)23-19(28)22-14-6-5-12(21)9-13(14)18(25)26/h1-9H,(H,25,26)(H2,22,23,24,28). The van der Waals surface area contributed by atoms with E-state index in [0.717, 1.165) is 5.56 Å². The number of hydrogen-bond acceptors (Lipinski definition) is 4. The molecule has 0 aliphatic carbocycles. The topological polar surface area (TPSA) is 91.6 Å². The predicted molar refractivity (Wildman–Crippen MR) is 111 cm³/mol. The quantitative estimate of drug-likeness (QED) is 0.496. The molecule has 0 spiro atoms. The number of anilines is 1. The Morgan fingerprint density at radius 2 is 1.64 bits per heavy atom. The van der Waals surface area contributed by atoms with Gasteiger partial charge < -0.3 is 14.8 Å². The molecular weight excluding hydrogens is 423 g/mol. The van der Waals surface area contributed by atoms with Crippen LogP contribution in [0, 0.1) is 0 Å². The van der Waals surface area contributed by atoms with Gasteiger partial charge in [-0.3, -0.25) is 10.1 Å². The number of halogens is 2. The lowest BCUT2D eigenvalue weighted by Gasteiger charge is -2.11. The first-order chi connectivity index (χ1) is 13.3. The van der Waals surface area contributed by atoms with E-state index in [9.17, 15) is 14.7 Å². The summed E-state index contributed by atoms with van der Waals surface area (Å²) in [5.74, 6) is -1.23. The molecule has 2 aromatic carbocycles. The highest BCUT2D eigenvalue weighted by Gasteiger charge is 2.16. The molecule has 1 aromatic heterocycles. The third kappa shape index (κ3) is 4.69. The fraction of sp³-hybridized carbons (Fsp3) is 0. The van der Waals surface area contributed by atoms with E-state index in [1.165, 1.54) is 24.3 Å². The number of carbonyl (C=O) groups is 2. The van der Waals surface area contributed by atoms with E-state index >= 15 is 0 Å². The molecule has 3 N–H and O–H groups in total. The monoisotopic (exact) mass is 434 g/mol. The number of amides is 1. The number of rotatable bonds is 4. The Morgan fingerprint density at radius 1 is 0.964 bits per heavy atom. The van der Waals surface area contributed by atoms with Gasteiger partial charge >= 0.3 is 5.97 Å². The molecule has 9 heteroatoms. The lowest BCUT2D eigenvalue weighted by Crippen LogP contribution is -2.34. The predicted octanol–water partition coefficient (Wildman–Crippen LogP) is 5.08. The maximum absolute atomic E-state index is 12.3. The number of carboxylic acids is 1. The van der Waals surface area contributed by atoms with Gasteiger partial charge in [0.05, 0.1) is 11.3 Å². The molecule has 28 heavy (non-hydrogen) atoms. The molecule has 0 aliphatic heterocycles. The summed E-state index contributed by atoms with van der Waals surface area (Å²) in [7, 11) is 0. The van der Waals surface area contributed by atoms with Crippen LogP contribution in [0.25, 0.3) is 11.3 Å². The average molecular weight is 435 g/mol. The maximum Gasteiger partial charge on any atom is 0.337 e. The molecule has 1 amide bonds. The van der Waals surface area contributed by atoms with E-state index in [1.54, 1.807) is 30.3 Å². The fourth-order valence-corrected chi connectivity index (χ4v) is 2.85. The van der Waals surface area contributed by atoms with Crippen molar-refractivity contribution in [3.05, 3.63) is 76.0 Å². The van der Waals surface area contributed by atoms with Gasteiger partial charge in [-0.1, -0.05) is 23.2 Å². The minimum Gasteiger partial charge on any atom is -0.478 e. The van der Waals surface area contributed by atoms with E-state index in [0.29, 0.717) is 10.8 Å². The van der Waals surface area contributed by atoms with Crippen LogP contribution in [0.15, 0.2) is 59.0 Å². The summed E-state index contributed by atoms with van der Waals surface area (Å²) < 4.78 is 5.55. The molecule has 142 valence electrons. The second-order valence-electron chi connectivity index (χ2n) is 5.57. The Labute approximate surface area is 175 Å². The van der Waals surface area contributed by atoms with Crippen molar-refractivity contribution in [1.82, 2.24) is 5.32 Å². The van der Waals surface area contributed by atoms with Gasteiger partial charge in [-0.15, -0.1) is 0 Å². The van der Waals surface area contributed by atoms with Gasteiger partial charge in [0, 0.05) is 15.6 Å². The third-order valence-corrected chi connectivity index (χ3v) is 4.34.